The summed E-state index contributed by atoms with van der Waals surface area (Å²) in [6.45, 7) is 6.34. The highest BCUT2D eigenvalue weighted by Crippen LogP contribution is 2.45. The van der Waals surface area contributed by atoms with Crippen molar-refractivity contribution in [2.75, 3.05) is 11.9 Å². The summed E-state index contributed by atoms with van der Waals surface area (Å²) in [5.41, 5.74) is -0.287. The summed E-state index contributed by atoms with van der Waals surface area (Å²) >= 11 is 11.9. The maximum atomic E-state index is 13.0. The topological polar surface area (TPSA) is 78.5 Å². The number of benzene rings is 1. The second kappa shape index (κ2) is 8.15. The molecule has 0 atom stereocenters. The quantitative estimate of drug-likeness (QED) is 0.643. The van der Waals surface area contributed by atoms with E-state index < -0.39 is 17.5 Å². The smallest absolute Gasteiger partial charge is 0.323 e. The summed E-state index contributed by atoms with van der Waals surface area (Å²) in [5.74, 6) is -0.282. The van der Waals surface area contributed by atoms with Gasteiger partial charge in [0.25, 0.3) is 5.91 Å². The van der Waals surface area contributed by atoms with Gasteiger partial charge in [0.05, 0.1) is 10.7 Å². The first-order chi connectivity index (χ1) is 13.6. The van der Waals surface area contributed by atoms with E-state index >= 15 is 0 Å². The molecule has 3 rings (SSSR count). The lowest BCUT2D eigenvalue weighted by atomic mass is 9.65. The number of nitrogens with zero attached hydrogens (tertiary/aromatic N) is 1. The van der Waals surface area contributed by atoms with E-state index in [9.17, 15) is 14.4 Å². The molecular formula is C21H27Cl2N3O3. The Balaban J connectivity index is 1.64. The first-order valence-electron chi connectivity index (χ1n) is 9.97. The van der Waals surface area contributed by atoms with Gasteiger partial charge in [-0.15, -0.1) is 0 Å². The van der Waals surface area contributed by atoms with Crippen LogP contribution >= 0.6 is 23.2 Å². The van der Waals surface area contributed by atoms with Crippen molar-refractivity contribution in [3.05, 3.63) is 28.2 Å². The van der Waals surface area contributed by atoms with Crippen molar-refractivity contribution >= 4 is 46.7 Å². The second-order valence-electron chi connectivity index (χ2n) is 8.69. The molecule has 0 aromatic heterocycles. The van der Waals surface area contributed by atoms with Gasteiger partial charge in [-0.3, -0.25) is 14.5 Å². The molecule has 6 nitrogen and oxygen atoms in total. The monoisotopic (exact) mass is 439 g/mol. The molecule has 1 aromatic carbocycles. The van der Waals surface area contributed by atoms with Gasteiger partial charge >= 0.3 is 6.03 Å². The summed E-state index contributed by atoms with van der Waals surface area (Å²) in [6, 6.07) is 4.17. The Morgan fingerprint density at radius 2 is 1.93 bits per heavy atom. The molecule has 1 heterocycles. The predicted molar refractivity (Wildman–Crippen MR) is 114 cm³/mol. The fourth-order valence-electron chi connectivity index (χ4n) is 4.26. The maximum absolute atomic E-state index is 13.0. The van der Waals surface area contributed by atoms with E-state index in [0.717, 1.165) is 24.2 Å². The van der Waals surface area contributed by atoms with Gasteiger partial charge in [0.2, 0.25) is 5.91 Å². The number of halogens is 2. The Morgan fingerprint density at radius 1 is 1.28 bits per heavy atom. The van der Waals surface area contributed by atoms with Crippen LogP contribution in [-0.2, 0) is 9.59 Å². The average molecular weight is 440 g/mol. The van der Waals surface area contributed by atoms with E-state index in [-0.39, 0.29) is 22.9 Å². The largest absolute Gasteiger partial charge is 0.325 e. The second-order valence-corrected chi connectivity index (χ2v) is 9.54. The third kappa shape index (κ3) is 4.38. The Bertz CT molecular complexity index is 832. The first kappa shape index (κ1) is 21.9. The molecule has 4 amide bonds. The summed E-state index contributed by atoms with van der Waals surface area (Å²) in [5, 5.41) is 6.23. The molecule has 1 aliphatic heterocycles. The van der Waals surface area contributed by atoms with E-state index in [1.165, 1.54) is 6.07 Å². The Labute approximate surface area is 181 Å². The molecule has 29 heavy (non-hydrogen) atoms. The Morgan fingerprint density at radius 3 is 2.52 bits per heavy atom. The number of amides is 4. The fraction of sp³-hybridized carbons (Fsp3) is 0.571. The number of hydrogen-bond acceptors (Lipinski definition) is 3. The summed E-state index contributed by atoms with van der Waals surface area (Å²) < 4.78 is 0. The number of imide groups is 1. The van der Waals surface area contributed by atoms with Crippen LogP contribution in [0.25, 0.3) is 0 Å². The van der Waals surface area contributed by atoms with E-state index in [4.69, 9.17) is 23.2 Å². The predicted octanol–water partition coefficient (Wildman–Crippen LogP) is 4.85. The highest BCUT2D eigenvalue weighted by Gasteiger charge is 2.53. The Hall–Kier alpha value is -1.79. The van der Waals surface area contributed by atoms with Gasteiger partial charge in [-0.05, 0) is 55.2 Å². The van der Waals surface area contributed by atoms with Gasteiger partial charge in [0, 0.05) is 5.02 Å². The highest BCUT2D eigenvalue weighted by atomic mass is 35.5. The normalized spacial score (nSPS) is 24.7. The van der Waals surface area contributed by atoms with Gasteiger partial charge in [0.15, 0.2) is 0 Å². The number of urea groups is 1. The van der Waals surface area contributed by atoms with Gasteiger partial charge in [0.1, 0.15) is 12.1 Å². The lowest BCUT2D eigenvalue weighted by Gasteiger charge is -2.42. The average Bonchev–Trinajstić information content (AvgIpc) is 2.88. The van der Waals surface area contributed by atoms with Crippen molar-refractivity contribution in [3.63, 3.8) is 0 Å². The molecule has 8 heteroatoms. The minimum atomic E-state index is -0.879. The molecule has 1 aromatic rings. The standard InChI is InChI=1S/C21H27Cl2N3O3/c1-4-20(2,3)13-7-9-21(10-8-13)18(28)26(19(29)25-21)12-17(27)24-16-6-5-14(22)11-15(16)23/h5-6,11,13H,4,7-10,12H2,1-3H3,(H,24,27)(H,25,29). The van der Waals surface area contributed by atoms with Crippen molar-refractivity contribution in [1.82, 2.24) is 10.2 Å². The van der Waals surface area contributed by atoms with Crippen molar-refractivity contribution < 1.29 is 14.4 Å². The molecule has 2 fully saturated rings. The summed E-state index contributed by atoms with van der Waals surface area (Å²) in [7, 11) is 0. The molecule has 1 saturated carbocycles. The third-order valence-corrected chi connectivity index (χ3v) is 7.16. The molecule has 1 spiro atoms. The lowest BCUT2D eigenvalue weighted by molar-refractivity contribution is -0.135. The zero-order chi connectivity index (χ0) is 21.4. The first-order valence-corrected chi connectivity index (χ1v) is 10.7. The third-order valence-electron chi connectivity index (χ3n) is 6.61. The highest BCUT2D eigenvalue weighted by molar-refractivity contribution is 6.36. The van der Waals surface area contributed by atoms with Crippen LogP contribution in [0.15, 0.2) is 18.2 Å². The number of anilines is 1. The molecule has 2 aliphatic rings. The van der Waals surface area contributed by atoms with Crippen molar-refractivity contribution in [3.8, 4) is 0 Å². The van der Waals surface area contributed by atoms with Crippen LogP contribution in [0.3, 0.4) is 0 Å². The number of carbonyl (C=O) groups is 3. The van der Waals surface area contributed by atoms with Crippen molar-refractivity contribution in [1.29, 1.82) is 0 Å². The minimum Gasteiger partial charge on any atom is -0.323 e. The Kier molecular flexibility index (Phi) is 6.16. The SMILES string of the molecule is CCC(C)(C)C1CCC2(CC1)NC(=O)N(CC(=O)Nc1ccc(Cl)cc1Cl)C2=O. The van der Waals surface area contributed by atoms with Crippen LogP contribution in [0.4, 0.5) is 10.5 Å². The number of nitrogens with one attached hydrogen (secondary N) is 2. The van der Waals surface area contributed by atoms with Gasteiger partial charge < -0.3 is 10.6 Å². The van der Waals surface area contributed by atoms with E-state index in [0.29, 0.717) is 29.5 Å². The van der Waals surface area contributed by atoms with E-state index in [1.807, 2.05) is 0 Å². The van der Waals surface area contributed by atoms with Gasteiger partial charge in [-0.25, -0.2) is 4.79 Å². The van der Waals surface area contributed by atoms with E-state index in [2.05, 4.69) is 31.4 Å². The molecule has 0 unspecified atom stereocenters. The summed E-state index contributed by atoms with van der Waals surface area (Å²) in [4.78, 5) is 38.9. The van der Waals surface area contributed by atoms with Crippen LogP contribution < -0.4 is 10.6 Å². The van der Waals surface area contributed by atoms with Crippen LogP contribution in [0.2, 0.25) is 10.0 Å². The van der Waals surface area contributed by atoms with Crippen LogP contribution in [0.5, 0.6) is 0 Å². The molecule has 2 N–H and O–H groups in total. The molecule has 1 aliphatic carbocycles. The zero-order valence-electron chi connectivity index (χ0n) is 17.0. The molecule has 0 radical (unpaired) electrons. The maximum Gasteiger partial charge on any atom is 0.325 e. The summed E-state index contributed by atoms with van der Waals surface area (Å²) in [6.07, 6.45) is 4.05. The van der Waals surface area contributed by atoms with Gasteiger partial charge in [-0.1, -0.05) is 50.4 Å². The fourth-order valence-corrected chi connectivity index (χ4v) is 4.72. The van der Waals surface area contributed by atoms with Crippen molar-refractivity contribution in [2.24, 2.45) is 11.3 Å². The van der Waals surface area contributed by atoms with Crippen molar-refractivity contribution in [2.45, 2.75) is 58.4 Å². The molecule has 1 saturated heterocycles. The van der Waals surface area contributed by atoms with E-state index in [1.54, 1.807) is 12.1 Å². The number of carbonyl (C=O) groups excluding carboxylic acids is 3. The zero-order valence-corrected chi connectivity index (χ0v) is 18.5. The van der Waals surface area contributed by atoms with Crippen LogP contribution in [-0.4, -0.2) is 34.8 Å². The lowest BCUT2D eigenvalue weighted by Crippen LogP contribution is -2.51. The van der Waals surface area contributed by atoms with Crippen LogP contribution in [0.1, 0.15) is 52.9 Å². The molecule has 0 bridgehead atoms. The van der Waals surface area contributed by atoms with Crippen LogP contribution in [0, 0.1) is 11.3 Å². The molecule has 158 valence electrons. The minimum absolute atomic E-state index is 0.213. The number of hydrogen-bond donors (Lipinski definition) is 2. The van der Waals surface area contributed by atoms with Gasteiger partial charge in [-0.2, -0.15) is 0 Å². The molecular weight excluding hydrogens is 413 g/mol. The number of rotatable bonds is 5.